The van der Waals surface area contributed by atoms with Gasteiger partial charge in [0.25, 0.3) is 0 Å². The molecule has 0 spiro atoms. The molecule has 2 aliphatic rings. The minimum atomic E-state index is 0.0798. The van der Waals surface area contributed by atoms with Crippen LogP contribution in [0.15, 0.2) is 10.7 Å². The number of nitrogens with one attached hydrogen (secondary N) is 1. The number of halogens is 1. The number of hydrogen-bond donors (Lipinski definition) is 1. The molecule has 22 heavy (non-hydrogen) atoms. The number of methoxy groups -OCH3 is 1. The van der Waals surface area contributed by atoms with Crippen molar-refractivity contribution >= 4 is 21.9 Å². The maximum absolute atomic E-state index is 5.89. The van der Waals surface area contributed by atoms with Gasteiger partial charge in [-0.05, 0) is 41.6 Å². The summed E-state index contributed by atoms with van der Waals surface area (Å²) in [5, 5.41) is 3.41. The summed E-state index contributed by atoms with van der Waals surface area (Å²) >= 11 is 3.45. The van der Waals surface area contributed by atoms with Crippen LogP contribution in [0, 0.1) is 0 Å². The predicted molar refractivity (Wildman–Crippen MR) is 86.3 cm³/mol. The van der Waals surface area contributed by atoms with E-state index in [-0.39, 0.29) is 6.10 Å². The summed E-state index contributed by atoms with van der Waals surface area (Å²) in [6, 6.07) is 0.398. The molecular formula is C15H22BrN3O3. The molecule has 1 aliphatic carbocycles. The van der Waals surface area contributed by atoms with Crippen molar-refractivity contribution in [3.8, 4) is 5.88 Å². The Hall–Kier alpha value is -0.920. The highest BCUT2D eigenvalue weighted by molar-refractivity contribution is 9.10. The molecule has 1 aromatic rings. The quantitative estimate of drug-likeness (QED) is 0.858. The topological polar surface area (TPSA) is 65.5 Å². The maximum atomic E-state index is 5.89. The number of anilines is 1. The number of ether oxygens (including phenoxy) is 3. The van der Waals surface area contributed by atoms with E-state index in [4.69, 9.17) is 14.2 Å². The molecule has 1 saturated heterocycles. The molecule has 7 heteroatoms. The van der Waals surface area contributed by atoms with E-state index in [1.807, 2.05) is 0 Å². The van der Waals surface area contributed by atoms with Crippen molar-refractivity contribution in [1.82, 2.24) is 9.97 Å². The number of nitrogens with zero attached hydrogens (tertiary/aromatic N) is 2. The molecular weight excluding hydrogens is 350 g/mol. The van der Waals surface area contributed by atoms with Gasteiger partial charge in [0.15, 0.2) is 0 Å². The van der Waals surface area contributed by atoms with Crippen LogP contribution in [-0.4, -0.2) is 48.5 Å². The van der Waals surface area contributed by atoms with Crippen molar-refractivity contribution in [1.29, 1.82) is 0 Å². The lowest BCUT2D eigenvalue weighted by Crippen LogP contribution is -2.30. The Morgan fingerprint density at radius 1 is 1.23 bits per heavy atom. The van der Waals surface area contributed by atoms with E-state index in [2.05, 4.69) is 31.2 Å². The van der Waals surface area contributed by atoms with E-state index in [0.29, 0.717) is 30.6 Å². The summed E-state index contributed by atoms with van der Waals surface area (Å²) in [5.41, 5.74) is 0. The predicted octanol–water partition coefficient (Wildman–Crippen LogP) is 2.78. The average molecular weight is 372 g/mol. The van der Waals surface area contributed by atoms with Crippen molar-refractivity contribution < 1.29 is 14.2 Å². The molecule has 122 valence electrons. The zero-order valence-electron chi connectivity index (χ0n) is 12.8. The van der Waals surface area contributed by atoms with Crippen LogP contribution in [0.5, 0.6) is 5.88 Å². The third-order valence-electron chi connectivity index (χ3n) is 4.22. The SMILES string of the molecule is COC1CCC(Nc2ncc(Br)c(O[C@@H]3CCOC3)n2)CC1. The fraction of sp³-hybridized carbons (Fsp3) is 0.733. The Balaban J connectivity index is 1.59. The van der Waals surface area contributed by atoms with Crippen LogP contribution in [0.4, 0.5) is 5.95 Å². The molecule has 0 radical (unpaired) electrons. The summed E-state index contributed by atoms with van der Waals surface area (Å²) in [5.74, 6) is 1.21. The third kappa shape index (κ3) is 4.08. The van der Waals surface area contributed by atoms with Crippen LogP contribution in [0.1, 0.15) is 32.1 Å². The first-order valence-electron chi connectivity index (χ1n) is 7.81. The van der Waals surface area contributed by atoms with E-state index in [1.54, 1.807) is 13.3 Å². The van der Waals surface area contributed by atoms with Gasteiger partial charge in [-0.15, -0.1) is 0 Å². The molecule has 3 rings (SSSR count). The van der Waals surface area contributed by atoms with Crippen LogP contribution >= 0.6 is 15.9 Å². The van der Waals surface area contributed by atoms with Crippen molar-refractivity contribution in [3.05, 3.63) is 10.7 Å². The first-order chi connectivity index (χ1) is 10.7. The fourth-order valence-corrected chi connectivity index (χ4v) is 3.18. The van der Waals surface area contributed by atoms with Gasteiger partial charge < -0.3 is 19.5 Å². The second-order valence-corrected chi connectivity index (χ2v) is 6.66. The minimum absolute atomic E-state index is 0.0798. The normalized spacial score (nSPS) is 28.5. The second-order valence-electron chi connectivity index (χ2n) is 5.80. The Bertz CT molecular complexity index is 489. The number of rotatable bonds is 5. The van der Waals surface area contributed by atoms with Gasteiger partial charge in [0.1, 0.15) is 6.10 Å². The molecule has 0 unspecified atom stereocenters. The summed E-state index contributed by atoms with van der Waals surface area (Å²) in [6.45, 7) is 1.38. The summed E-state index contributed by atoms with van der Waals surface area (Å²) in [4.78, 5) is 8.83. The van der Waals surface area contributed by atoms with Gasteiger partial charge in [0, 0.05) is 19.6 Å². The Kier molecular flexibility index (Phi) is 5.49. The molecule has 1 aliphatic heterocycles. The molecule has 2 heterocycles. The molecule has 1 atom stereocenters. The standard InChI is InChI=1S/C15H22BrN3O3/c1-20-11-4-2-10(3-5-11)18-15-17-8-13(16)14(19-15)22-12-6-7-21-9-12/h8,10-12H,2-7,9H2,1H3,(H,17,18,19)/t10?,11?,12-/m1/s1. The highest BCUT2D eigenvalue weighted by Gasteiger charge is 2.23. The smallest absolute Gasteiger partial charge is 0.233 e. The Morgan fingerprint density at radius 2 is 2.05 bits per heavy atom. The largest absolute Gasteiger partial charge is 0.471 e. The monoisotopic (exact) mass is 371 g/mol. The van der Waals surface area contributed by atoms with E-state index in [1.165, 1.54) is 0 Å². The summed E-state index contributed by atoms with van der Waals surface area (Å²) in [6.07, 6.45) is 7.42. The molecule has 1 aromatic heterocycles. The van der Waals surface area contributed by atoms with Crippen molar-refractivity contribution in [2.45, 2.75) is 50.4 Å². The number of hydrogen-bond acceptors (Lipinski definition) is 6. The molecule has 0 amide bonds. The van der Waals surface area contributed by atoms with E-state index < -0.39 is 0 Å². The zero-order chi connectivity index (χ0) is 15.4. The highest BCUT2D eigenvalue weighted by Crippen LogP contribution is 2.27. The molecule has 0 aromatic carbocycles. The van der Waals surface area contributed by atoms with Gasteiger partial charge >= 0.3 is 0 Å². The summed E-state index contributed by atoms with van der Waals surface area (Å²) < 4.78 is 17.4. The lowest BCUT2D eigenvalue weighted by atomic mass is 9.93. The lowest BCUT2D eigenvalue weighted by molar-refractivity contribution is 0.0681. The van der Waals surface area contributed by atoms with Crippen LogP contribution in [-0.2, 0) is 9.47 Å². The van der Waals surface area contributed by atoms with E-state index in [9.17, 15) is 0 Å². The average Bonchev–Trinajstić information content (AvgIpc) is 3.04. The Labute approximate surface area is 139 Å². The van der Waals surface area contributed by atoms with E-state index in [0.717, 1.165) is 43.2 Å². The van der Waals surface area contributed by atoms with Crippen LogP contribution in [0.2, 0.25) is 0 Å². The fourth-order valence-electron chi connectivity index (χ4n) is 2.89. The highest BCUT2D eigenvalue weighted by atomic mass is 79.9. The number of aromatic nitrogens is 2. The third-order valence-corrected chi connectivity index (χ3v) is 4.76. The van der Waals surface area contributed by atoms with Gasteiger partial charge in [-0.3, -0.25) is 0 Å². The van der Waals surface area contributed by atoms with Crippen LogP contribution < -0.4 is 10.1 Å². The van der Waals surface area contributed by atoms with E-state index >= 15 is 0 Å². The maximum Gasteiger partial charge on any atom is 0.233 e. The van der Waals surface area contributed by atoms with Crippen molar-refractivity contribution in [2.75, 3.05) is 25.6 Å². The van der Waals surface area contributed by atoms with Crippen molar-refractivity contribution in [3.63, 3.8) is 0 Å². The van der Waals surface area contributed by atoms with Crippen LogP contribution in [0.3, 0.4) is 0 Å². The summed E-state index contributed by atoms with van der Waals surface area (Å²) in [7, 11) is 1.78. The van der Waals surface area contributed by atoms with Gasteiger partial charge in [0.05, 0.1) is 30.0 Å². The van der Waals surface area contributed by atoms with Crippen molar-refractivity contribution in [2.24, 2.45) is 0 Å². The minimum Gasteiger partial charge on any atom is -0.471 e. The van der Waals surface area contributed by atoms with Crippen LogP contribution in [0.25, 0.3) is 0 Å². The van der Waals surface area contributed by atoms with Gasteiger partial charge in [-0.1, -0.05) is 0 Å². The molecule has 0 bridgehead atoms. The first kappa shape index (κ1) is 16.0. The molecule has 2 fully saturated rings. The lowest BCUT2D eigenvalue weighted by Gasteiger charge is -2.28. The molecule has 6 nitrogen and oxygen atoms in total. The van der Waals surface area contributed by atoms with Gasteiger partial charge in [-0.25, -0.2) is 4.98 Å². The first-order valence-corrected chi connectivity index (χ1v) is 8.60. The molecule has 1 saturated carbocycles. The Morgan fingerprint density at radius 3 is 2.73 bits per heavy atom. The zero-order valence-corrected chi connectivity index (χ0v) is 14.3. The second kappa shape index (κ2) is 7.57. The van der Waals surface area contributed by atoms with Gasteiger partial charge in [0.2, 0.25) is 11.8 Å². The molecule has 1 N–H and O–H groups in total. The van der Waals surface area contributed by atoms with Gasteiger partial charge in [-0.2, -0.15) is 4.98 Å².